The van der Waals surface area contributed by atoms with Gasteiger partial charge in [0.15, 0.2) is 0 Å². The van der Waals surface area contributed by atoms with Crippen molar-refractivity contribution in [3.63, 3.8) is 0 Å². The van der Waals surface area contributed by atoms with Crippen molar-refractivity contribution in [1.29, 1.82) is 0 Å². The van der Waals surface area contributed by atoms with Crippen molar-refractivity contribution in [2.75, 3.05) is 5.32 Å². The molecule has 0 aromatic heterocycles. The summed E-state index contributed by atoms with van der Waals surface area (Å²) in [7, 11) is 0. The normalized spacial score (nSPS) is 10.4. The third kappa shape index (κ3) is 2.85. The van der Waals surface area contributed by atoms with E-state index in [4.69, 9.17) is 0 Å². The molecule has 2 aromatic carbocycles. The van der Waals surface area contributed by atoms with Crippen molar-refractivity contribution >= 4 is 21.6 Å². The summed E-state index contributed by atoms with van der Waals surface area (Å²) in [6.45, 7) is 0.00310. The summed E-state index contributed by atoms with van der Waals surface area (Å²) in [5.74, 6) is -1.52. The van der Waals surface area contributed by atoms with Crippen LogP contribution in [0.4, 0.5) is 18.9 Å². The molecule has 2 aromatic rings. The van der Waals surface area contributed by atoms with Crippen LogP contribution in [0, 0.1) is 17.5 Å². The average Bonchev–Trinajstić information content (AvgIpc) is 2.33. The molecule has 0 saturated carbocycles. The van der Waals surface area contributed by atoms with E-state index in [0.717, 1.165) is 18.2 Å². The smallest absolute Gasteiger partial charge is 0.147 e. The van der Waals surface area contributed by atoms with Gasteiger partial charge in [-0.15, -0.1) is 0 Å². The molecule has 0 spiro atoms. The summed E-state index contributed by atoms with van der Waals surface area (Å²) < 4.78 is 40.3. The Morgan fingerprint density at radius 1 is 1.00 bits per heavy atom. The Kier molecular flexibility index (Phi) is 3.91. The fraction of sp³-hybridized carbons (Fsp3) is 0.0769. The van der Waals surface area contributed by atoms with Gasteiger partial charge in [-0.1, -0.05) is 6.07 Å². The zero-order valence-corrected chi connectivity index (χ0v) is 10.8. The van der Waals surface area contributed by atoms with Crippen LogP contribution in [0.2, 0.25) is 0 Å². The van der Waals surface area contributed by atoms with Gasteiger partial charge in [0.25, 0.3) is 0 Å². The second-order valence-corrected chi connectivity index (χ2v) is 4.54. The van der Waals surface area contributed by atoms with Crippen LogP contribution >= 0.6 is 15.9 Å². The fourth-order valence-electron chi connectivity index (χ4n) is 1.53. The maximum atomic E-state index is 13.5. The van der Waals surface area contributed by atoms with Crippen molar-refractivity contribution in [2.45, 2.75) is 6.54 Å². The highest BCUT2D eigenvalue weighted by Gasteiger charge is 2.08. The Hall–Kier alpha value is -1.49. The van der Waals surface area contributed by atoms with Gasteiger partial charge in [-0.3, -0.25) is 0 Å². The minimum atomic E-state index is -0.531. The maximum absolute atomic E-state index is 13.5. The number of hydrogen-bond acceptors (Lipinski definition) is 1. The van der Waals surface area contributed by atoms with E-state index in [9.17, 15) is 13.2 Å². The lowest BCUT2D eigenvalue weighted by atomic mass is 10.2. The fourth-order valence-corrected chi connectivity index (χ4v) is 2.01. The Bertz CT molecular complexity index is 552. The van der Waals surface area contributed by atoms with Gasteiger partial charge in [-0.2, -0.15) is 0 Å². The predicted molar refractivity (Wildman–Crippen MR) is 67.8 cm³/mol. The highest BCUT2D eigenvalue weighted by Crippen LogP contribution is 2.26. The van der Waals surface area contributed by atoms with E-state index in [1.165, 1.54) is 6.07 Å². The SMILES string of the molecule is Fc1ccc(F)c(CNc2c(F)cccc2Br)c1. The number of anilines is 1. The molecule has 18 heavy (non-hydrogen) atoms. The molecule has 0 radical (unpaired) electrons. The standard InChI is InChI=1S/C13H9BrF3N/c14-10-2-1-3-12(17)13(10)18-7-8-6-9(15)4-5-11(8)16/h1-6,18H,7H2. The molecular weight excluding hydrogens is 307 g/mol. The lowest BCUT2D eigenvalue weighted by molar-refractivity contribution is 0.587. The monoisotopic (exact) mass is 315 g/mol. The van der Waals surface area contributed by atoms with Crippen LogP contribution in [0.25, 0.3) is 0 Å². The average molecular weight is 316 g/mol. The minimum Gasteiger partial charge on any atom is -0.378 e. The van der Waals surface area contributed by atoms with E-state index < -0.39 is 17.5 Å². The van der Waals surface area contributed by atoms with Gasteiger partial charge < -0.3 is 5.32 Å². The highest BCUT2D eigenvalue weighted by atomic mass is 79.9. The maximum Gasteiger partial charge on any atom is 0.147 e. The summed E-state index contributed by atoms with van der Waals surface area (Å²) in [6.07, 6.45) is 0. The molecule has 0 fully saturated rings. The molecule has 1 nitrogen and oxygen atoms in total. The number of halogens is 4. The summed E-state index contributed by atoms with van der Waals surface area (Å²) in [4.78, 5) is 0. The lowest BCUT2D eigenvalue weighted by Gasteiger charge is -2.10. The van der Waals surface area contributed by atoms with E-state index in [1.54, 1.807) is 12.1 Å². The Balaban J connectivity index is 2.19. The molecule has 94 valence electrons. The summed E-state index contributed by atoms with van der Waals surface area (Å²) in [5, 5.41) is 2.74. The van der Waals surface area contributed by atoms with Crippen LogP contribution < -0.4 is 5.32 Å². The van der Waals surface area contributed by atoms with E-state index in [0.29, 0.717) is 4.47 Å². The first kappa shape index (κ1) is 13.0. The Morgan fingerprint density at radius 2 is 1.78 bits per heavy atom. The minimum absolute atomic E-state index is 0.00310. The van der Waals surface area contributed by atoms with Gasteiger partial charge >= 0.3 is 0 Å². The Labute approximate surface area is 111 Å². The van der Waals surface area contributed by atoms with Crippen LogP contribution in [0.15, 0.2) is 40.9 Å². The molecule has 0 aliphatic rings. The zero-order valence-electron chi connectivity index (χ0n) is 9.18. The molecule has 0 heterocycles. The number of rotatable bonds is 3. The summed E-state index contributed by atoms with van der Waals surface area (Å²) in [5.41, 5.74) is 0.367. The molecule has 0 saturated heterocycles. The number of hydrogen-bond donors (Lipinski definition) is 1. The summed E-state index contributed by atoms with van der Waals surface area (Å²) in [6, 6.07) is 7.66. The Morgan fingerprint density at radius 3 is 2.50 bits per heavy atom. The van der Waals surface area contributed by atoms with Crippen molar-refractivity contribution in [2.24, 2.45) is 0 Å². The van der Waals surface area contributed by atoms with E-state index in [2.05, 4.69) is 21.2 Å². The molecule has 0 atom stereocenters. The van der Waals surface area contributed by atoms with Gasteiger partial charge in [0.05, 0.1) is 5.69 Å². The third-order valence-electron chi connectivity index (χ3n) is 2.43. The molecule has 0 bridgehead atoms. The largest absolute Gasteiger partial charge is 0.378 e. The molecule has 0 aliphatic carbocycles. The van der Waals surface area contributed by atoms with Crippen LogP contribution in [-0.4, -0.2) is 0 Å². The number of para-hydroxylation sites is 1. The quantitative estimate of drug-likeness (QED) is 0.880. The van der Waals surface area contributed by atoms with Crippen LogP contribution in [0.1, 0.15) is 5.56 Å². The highest BCUT2D eigenvalue weighted by molar-refractivity contribution is 9.10. The predicted octanol–water partition coefficient (Wildman–Crippen LogP) is 4.48. The third-order valence-corrected chi connectivity index (χ3v) is 3.09. The first-order valence-electron chi connectivity index (χ1n) is 5.20. The first-order valence-corrected chi connectivity index (χ1v) is 5.99. The second kappa shape index (κ2) is 5.44. The van der Waals surface area contributed by atoms with E-state index >= 15 is 0 Å². The molecule has 1 N–H and O–H groups in total. The van der Waals surface area contributed by atoms with Crippen LogP contribution in [0.5, 0.6) is 0 Å². The van der Waals surface area contributed by atoms with Crippen LogP contribution in [-0.2, 0) is 6.54 Å². The first-order chi connectivity index (χ1) is 8.58. The number of nitrogens with one attached hydrogen (secondary N) is 1. The zero-order chi connectivity index (χ0) is 13.1. The molecule has 0 amide bonds. The topological polar surface area (TPSA) is 12.0 Å². The molecule has 0 unspecified atom stereocenters. The summed E-state index contributed by atoms with van der Waals surface area (Å²) >= 11 is 3.18. The second-order valence-electron chi connectivity index (χ2n) is 3.69. The van der Waals surface area contributed by atoms with Crippen LogP contribution in [0.3, 0.4) is 0 Å². The van der Waals surface area contributed by atoms with Gasteiger partial charge in [0.2, 0.25) is 0 Å². The molecule has 5 heteroatoms. The van der Waals surface area contributed by atoms with Gasteiger partial charge in [0.1, 0.15) is 17.5 Å². The number of benzene rings is 2. The van der Waals surface area contributed by atoms with Crippen molar-refractivity contribution < 1.29 is 13.2 Å². The lowest BCUT2D eigenvalue weighted by Crippen LogP contribution is -2.04. The van der Waals surface area contributed by atoms with Crippen molar-refractivity contribution in [3.8, 4) is 0 Å². The molecule has 2 rings (SSSR count). The van der Waals surface area contributed by atoms with Gasteiger partial charge in [-0.25, -0.2) is 13.2 Å². The van der Waals surface area contributed by atoms with Gasteiger partial charge in [0, 0.05) is 16.6 Å². The molecule has 0 aliphatic heterocycles. The van der Waals surface area contributed by atoms with E-state index in [-0.39, 0.29) is 17.8 Å². The van der Waals surface area contributed by atoms with Crippen molar-refractivity contribution in [1.82, 2.24) is 0 Å². The van der Waals surface area contributed by atoms with Crippen molar-refractivity contribution in [3.05, 3.63) is 63.9 Å². The van der Waals surface area contributed by atoms with E-state index in [1.807, 2.05) is 0 Å². The van der Waals surface area contributed by atoms with Gasteiger partial charge in [-0.05, 0) is 46.3 Å². The molecular formula is C13H9BrF3N.